The number of fused-ring (bicyclic) bond motifs is 2. The molecule has 2 aliphatic heterocycles. The summed E-state index contributed by atoms with van der Waals surface area (Å²) in [6.45, 7) is 2.52. The molecule has 1 fully saturated rings. The van der Waals surface area contributed by atoms with Crippen molar-refractivity contribution < 1.29 is 18.3 Å². The van der Waals surface area contributed by atoms with Gasteiger partial charge in [0.15, 0.2) is 6.61 Å². The van der Waals surface area contributed by atoms with E-state index in [0.717, 1.165) is 62.9 Å². The van der Waals surface area contributed by atoms with E-state index in [4.69, 9.17) is 4.74 Å². The van der Waals surface area contributed by atoms with E-state index < -0.39 is 0 Å². The Morgan fingerprint density at radius 1 is 1.03 bits per heavy atom. The van der Waals surface area contributed by atoms with Crippen LogP contribution in [0.15, 0.2) is 42.5 Å². The monoisotopic (exact) mass is 414 g/mol. The number of hydrogen-bond acceptors (Lipinski definition) is 3. The fourth-order valence-electron chi connectivity index (χ4n) is 4.58. The number of aryl methyl sites for hydroxylation is 1. The Bertz CT molecular complexity index is 872. The second-order valence-electron chi connectivity index (χ2n) is 8.37. The Kier molecular flexibility index (Phi) is 6.62. The van der Waals surface area contributed by atoms with E-state index in [-0.39, 0.29) is 30.2 Å². The Labute approximate surface area is 176 Å². The molecule has 2 aliphatic rings. The third-order valence-electron chi connectivity index (χ3n) is 6.14. The second kappa shape index (κ2) is 9.56. The molecular formula is C24H28F2N2O2. The van der Waals surface area contributed by atoms with Crippen LogP contribution in [0.2, 0.25) is 0 Å². The number of rotatable bonds is 2. The summed E-state index contributed by atoms with van der Waals surface area (Å²) in [5, 5.41) is 3.16. The normalized spacial score (nSPS) is 23.2. The highest BCUT2D eigenvalue weighted by Gasteiger charge is 2.30. The van der Waals surface area contributed by atoms with E-state index in [2.05, 4.69) is 10.2 Å². The lowest BCUT2D eigenvalue weighted by atomic mass is 9.87. The van der Waals surface area contributed by atoms with Gasteiger partial charge >= 0.3 is 0 Å². The Morgan fingerprint density at radius 2 is 1.83 bits per heavy atom. The number of carbonyl (C=O) groups excluding carboxylic acids is 1. The third kappa shape index (κ3) is 5.36. The van der Waals surface area contributed by atoms with Crippen molar-refractivity contribution in [3.63, 3.8) is 0 Å². The zero-order valence-corrected chi connectivity index (χ0v) is 17.1. The van der Waals surface area contributed by atoms with Crippen LogP contribution >= 0.6 is 0 Å². The van der Waals surface area contributed by atoms with Gasteiger partial charge in [0, 0.05) is 25.7 Å². The number of carbonyl (C=O) groups is 1. The van der Waals surface area contributed by atoms with Gasteiger partial charge < -0.3 is 10.1 Å². The molecule has 0 spiro atoms. The van der Waals surface area contributed by atoms with Gasteiger partial charge in [-0.2, -0.15) is 0 Å². The number of nitrogens with zero attached hydrogens (tertiary/aromatic N) is 1. The van der Waals surface area contributed by atoms with Crippen molar-refractivity contribution in [2.45, 2.75) is 44.7 Å². The first-order valence-corrected chi connectivity index (χ1v) is 10.7. The number of ether oxygens (including phenoxy) is 1. The van der Waals surface area contributed by atoms with Gasteiger partial charge in [-0.1, -0.05) is 18.6 Å². The number of hydrogen-bond donors (Lipinski definition) is 1. The Hall–Kier alpha value is -2.47. The molecule has 0 aromatic heterocycles. The minimum atomic E-state index is -0.280. The highest BCUT2D eigenvalue weighted by molar-refractivity contribution is 5.78. The lowest BCUT2D eigenvalue weighted by Crippen LogP contribution is -2.51. The van der Waals surface area contributed by atoms with Crippen LogP contribution in [0.1, 0.15) is 36.8 Å². The van der Waals surface area contributed by atoms with Gasteiger partial charge in [-0.3, -0.25) is 9.69 Å². The van der Waals surface area contributed by atoms with Crippen LogP contribution in [0, 0.1) is 17.6 Å². The van der Waals surface area contributed by atoms with Crippen molar-refractivity contribution in [3.05, 3.63) is 65.2 Å². The number of piperidine rings is 1. The van der Waals surface area contributed by atoms with Gasteiger partial charge in [0.25, 0.3) is 5.91 Å². The molecule has 6 heteroatoms. The van der Waals surface area contributed by atoms with Crippen molar-refractivity contribution in [3.8, 4) is 5.75 Å². The average molecular weight is 414 g/mol. The standard InChI is InChI=1S/C24H28F2N2O2/c25-20-7-5-17(6-8-20)14-28-12-11-22-19(15-28)4-2-1-3-18-13-21(26)9-10-23(18)30-16-24(29)27-22/h5-10,13,19,22H,1-4,11-12,14-16H2,(H,27,29)/t19-,22+/m1/s1. The fourth-order valence-corrected chi connectivity index (χ4v) is 4.58. The predicted octanol–water partition coefficient (Wildman–Crippen LogP) is 4.08. The van der Waals surface area contributed by atoms with Gasteiger partial charge in [0.05, 0.1) is 0 Å². The number of benzene rings is 2. The van der Waals surface area contributed by atoms with Gasteiger partial charge in [-0.05, 0) is 73.1 Å². The van der Waals surface area contributed by atoms with Crippen LogP contribution in [0.4, 0.5) is 8.78 Å². The van der Waals surface area contributed by atoms with Crippen LogP contribution < -0.4 is 10.1 Å². The van der Waals surface area contributed by atoms with Crippen LogP contribution in [0.5, 0.6) is 5.75 Å². The molecule has 0 unspecified atom stereocenters. The van der Waals surface area contributed by atoms with Crippen LogP contribution in [-0.4, -0.2) is 36.5 Å². The molecular weight excluding hydrogens is 386 g/mol. The molecule has 2 aromatic carbocycles. The van der Waals surface area contributed by atoms with E-state index >= 15 is 0 Å². The van der Waals surface area contributed by atoms with Crippen molar-refractivity contribution in [1.82, 2.24) is 10.2 Å². The minimum absolute atomic E-state index is 0.0544. The molecule has 2 atom stereocenters. The molecule has 0 bridgehead atoms. The molecule has 4 rings (SSSR count). The lowest BCUT2D eigenvalue weighted by Gasteiger charge is -2.39. The van der Waals surface area contributed by atoms with E-state index in [1.54, 1.807) is 6.07 Å². The summed E-state index contributed by atoms with van der Waals surface area (Å²) < 4.78 is 32.5. The first-order valence-electron chi connectivity index (χ1n) is 10.7. The highest BCUT2D eigenvalue weighted by atomic mass is 19.1. The van der Waals surface area contributed by atoms with Crippen molar-refractivity contribution in [2.75, 3.05) is 19.7 Å². The molecule has 1 saturated heterocycles. The average Bonchev–Trinajstić information content (AvgIpc) is 2.73. The van der Waals surface area contributed by atoms with Crippen LogP contribution in [0.25, 0.3) is 0 Å². The first kappa shape index (κ1) is 20.8. The van der Waals surface area contributed by atoms with Gasteiger partial charge in [0.2, 0.25) is 0 Å². The molecule has 1 amide bonds. The summed E-state index contributed by atoms with van der Waals surface area (Å²) in [5.74, 6) is 0.320. The number of likely N-dealkylation sites (tertiary alicyclic amines) is 1. The van der Waals surface area contributed by atoms with Crippen molar-refractivity contribution in [1.29, 1.82) is 0 Å². The predicted molar refractivity (Wildman–Crippen MR) is 111 cm³/mol. The molecule has 0 aliphatic carbocycles. The van der Waals surface area contributed by atoms with E-state index in [0.29, 0.717) is 11.7 Å². The summed E-state index contributed by atoms with van der Waals surface area (Å²) in [7, 11) is 0. The Morgan fingerprint density at radius 3 is 2.67 bits per heavy atom. The molecule has 30 heavy (non-hydrogen) atoms. The zero-order valence-electron chi connectivity index (χ0n) is 17.1. The molecule has 2 heterocycles. The van der Waals surface area contributed by atoms with E-state index in [1.807, 2.05) is 12.1 Å². The summed E-state index contributed by atoms with van der Waals surface area (Å²) in [4.78, 5) is 14.9. The lowest BCUT2D eigenvalue weighted by molar-refractivity contribution is -0.124. The highest BCUT2D eigenvalue weighted by Crippen LogP contribution is 2.27. The maximum atomic E-state index is 13.6. The van der Waals surface area contributed by atoms with Crippen LogP contribution in [-0.2, 0) is 17.8 Å². The van der Waals surface area contributed by atoms with E-state index in [1.165, 1.54) is 24.3 Å². The summed E-state index contributed by atoms with van der Waals surface area (Å²) in [6.07, 6.45) is 4.60. The molecule has 0 radical (unpaired) electrons. The maximum absolute atomic E-state index is 13.6. The summed E-state index contributed by atoms with van der Waals surface area (Å²) >= 11 is 0. The Balaban J connectivity index is 1.42. The van der Waals surface area contributed by atoms with Crippen LogP contribution in [0.3, 0.4) is 0 Å². The first-order chi connectivity index (χ1) is 14.6. The number of amides is 1. The molecule has 1 N–H and O–H groups in total. The molecule has 2 aromatic rings. The smallest absolute Gasteiger partial charge is 0.258 e. The fraction of sp³-hybridized carbons (Fsp3) is 0.458. The van der Waals surface area contributed by atoms with E-state index in [9.17, 15) is 13.6 Å². The number of halogens is 2. The third-order valence-corrected chi connectivity index (χ3v) is 6.14. The maximum Gasteiger partial charge on any atom is 0.258 e. The van der Waals surface area contributed by atoms with Crippen molar-refractivity contribution in [2.24, 2.45) is 5.92 Å². The molecule has 4 nitrogen and oxygen atoms in total. The van der Waals surface area contributed by atoms with Gasteiger partial charge in [-0.15, -0.1) is 0 Å². The summed E-state index contributed by atoms with van der Waals surface area (Å²) in [5.41, 5.74) is 1.92. The van der Waals surface area contributed by atoms with Gasteiger partial charge in [0.1, 0.15) is 17.4 Å². The largest absolute Gasteiger partial charge is 0.483 e. The summed E-state index contributed by atoms with van der Waals surface area (Å²) in [6, 6.07) is 11.3. The topological polar surface area (TPSA) is 41.6 Å². The SMILES string of the molecule is O=C1COc2ccc(F)cc2CCCC[C@@H]2CN(Cc3ccc(F)cc3)CC[C@@H]2N1. The van der Waals surface area contributed by atoms with Gasteiger partial charge in [-0.25, -0.2) is 8.78 Å². The zero-order chi connectivity index (χ0) is 20.9. The number of nitrogens with one attached hydrogen (secondary N) is 1. The van der Waals surface area contributed by atoms with Crippen molar-refractivity contribution >= 4 is 5.91 Å². The molecule has 0 saturated carbocycles. The second-order valence-corrected chi connectivity index (χ2v) is 8.37. The minimum Gasteiger partial charge on any atom is -0.483 e. The quantitative estimate of drug-likeness (QED) is 0.805. The molecule has 160 valence electrons.